The summed E-state index contributed by atoms with van der Waals surface area (Å²) >= 11 is 0. The van der Waals surface area contributed by atoms with E-state index >= 15 is 0 Å². The summed E-state index contributed by atoms with van der Waals surface area (Å²) in [6, 6.07) is 8.10. The van der Waals surface area contributed by atoms with E-state index < -0.39 is 0 Å². The molecule has 5 heteroatoms. The highest BCUT2D eigenvalue weighted by Gasteiger charge is 2.18. The number of aryl methyl sites for hydroxylation is 1. The van der Waals surface area contributed by atoms with Gasteiger partial charge in [0.15, 0.2) is 0 Å². The molecule has 1 saturated heterocycles. The van der Waals surface area contributed by atoms with Crippen LogP contribution >= 0.6 is 0 Å². The lowest BCUT2D eigenvalue weighted by atomic mass is 10.2. The van der Waals surface area contributed by atoms with Crippen LogP contribution in [0.15, 0.2) is 36.7 Å². The van der Waals surface area contributed by atoms with Gasteiger partial charge in [-0.15, -0.1) is 0 Å². The van der Waals surface area contributed by atoms with Crippen molar-refractivity contribution in [2.75, 3.05) is 37.6 Å². The predicted octanol–water partition coefficient (Wildman–Crippen LogP) is 1.54. The molecule has 1 aliphatic heterocycles. The number of pyridine rings is 1. The molecule has 0 atom stereocenters. The number of piperazine rings is 1. The topological polar surface area (TPSA) is 45.2 Å². The Kier molecular flexibility index (Phi) is 4.40. The zero-order valence-corrected chi connectivity index (χ0v) is 12.4. The molecule has 3 rings (SSSR count). The third kappa shape index (κ3) is 3.76. The average Bonchev–Trinajstić information content (AvgIpc) is 2.54. The van der Waals surface area contributed by atoms with Crippen LogP contribution in [-0.4, -0.2) is 52.6 Å². The maximum absolute atomic E-state index is 4.56. The summed E-state index contributed by atoms with van der Waals surface area (Å²) in [5, 5.41) is 0. The van der Waals surface area contributed by atoms with Crippen LogP contribution in [0.4, 0.5) is 5.95 Å². The van der Waals surface area contributed by atoms with Crippen LogP contribution in [0.2, 0.25) is 0 Å². The molecule has 2 aromatic rings. The van der Waals surface area contributed by atoms with Crippen LogP contribution in [-0.2, 0) is 6.42 Å². The molecule has 2 aromatic heterocycles. The Balaban J connectivity index is 1.48. The quantitative estimate of drug-likeness (QED) is 0.852. The van der Waals surface area contributed by atoms with Crippen LogP contribution < -0.4 is 4.90 Å². The Morgan fingerprint density at radius 1 is 1.00 bits per heavy atom. The van der Waals surface area contributed by atoms with Crippen molar-refractivity contribution in [2.45, 2.75) is 13.3 Å². The highest BCUT2D eigenvalue weighted by Crippen LogP contribution is 2.10. The van der Waals surface area contributed by atoms with Crippen molar-refractivity contribution in [1.82, 2.24) is 19.9 Å². The van der Waals surface area contributed by atoms with Gasteiger partial charge in [-0.2, -0.15) is 0 Å². The predicted molar refractivity (Wildman–Crippen MR) is 83.4 cm³/mol. The molecule has 0 aromatic carbocycles. The van der Waals surface area contributed by atoms with Crippen molar-refractivity contribution >= 4 is 5.95 Å². The van der Waals surface area contributed by atoms with E-state index in [4.69, 9.17) is 0 Å². The Bertz CT molecular complexity index is 564. The fourth-order valence-corrected chi connectivity index (χ4v) is 2.64. The Hall–Kier alpha value is -2.01. The summed E-state index contributed by atoms with van der Waals surface area (Å²) in [7, 11) is 0. The van der Waals surface area contributed by atoms with E-state index in [1.807, 2.05) is 19.1 Å². The molecule has 0 aliphatic carbocycles. The zero-order chi connectivity index (χ0) is 14.5. The van der Waals surface area contributed by atoms with E-state index in [0.717, 1.165) is 50.8 Å². The summed E-state index contributed by atoms with van der Waals surface area (Å²) in [6.45, 7) is 7.22. The molecule has 1 fully saturated rings. The van der Waals surface area contributed by atoms with Gasteiger partial charge in [0.05, 0.1) is 0 Å². The molecule has 0 unspecified atom stereocenters. The molecule has 110 valence electrons. The molecular weight excluding hydrogens is 262 g/mol. The van der Waals surface area contributed by atoms with Gasteiger partial charge < -0.3 is 4.90 Å². The maximum Gasteiger partial charge on any atom is 0.225 e. The van der Waals surface area contributed by atoms with Crippen molar-refractivity contribution in [3.63, 3.8) is 0 Å². The number of rotatable bonds is 4. The smallest absolute Gasteiger partial charge is 0.225 e. The van der Waals surface area contributed by atoms with E-state index in [1.165, 1.54) is 5.69 Å². The second-order valence-corrected chi connectivity index (χ2v) is 5.40. The van der Waals surface area contributed by atoms with Crippen LogP contribution in [0.1, 0.15) is 11.4 Å². The molecule has 0 N–H and O–H groups in total. The van der Waals surface area contributed by atoms with E-state index in [0.29, 0.717) is 0 Å². The number of hydrogen-bond donors (Lipinski definition) is 0. The molecule has 1 aliphatic rings. The molecule has 0 radical (unpaired) electrons. The van der Waals surface area contributed by atoms with Crippen LogP contribution in [0, 0.1) is 6.92 Å². The lowest BCUT2D eigenvalue weighted by Gasteiger charge is -2.34. The first-order valence-electron chi connectivity index (χ1n) is 7.48. The van der Waals surface area contributed by atoms with Crippen molar-refractivity contribution in [2.24, 2.45) is 0 Å². The second kappa shape index (κ2) is 6.63. The Morgan fingerprint density at radius 2 is 1.76 bits per heavy atom. The first-order chi connectivity index (χ1) is 10.3. The lowest BCUT2D eigenvalue weighted by Crippen LogP contribution is -2.47. The third-order valence-corrected chi connectivity index (χ3v) is 3.84. The monoisotopic (exact) mass is 283 g/mol. The first-order valence-corrected chi connectivity index (χ1v) is 7.48. The standard InChI is InChI=1S/C16H21N5/c1-14-4-2-5-15(19-14)6-9-20-10-12-21(13-11-20)16-17-7-3-8-18-16/h2-5,7-8H,6,9-13H2,1H3. The van der Waals surface area contributed by atoms with Gasteiger partial charge in [-0.3, -0.25) is 9.88 Å². The minimum absolute atomic E-state index is 0.845. The molecule has 0 saturated carbocycles. The molecule has 0 amide bonds. The third-order valence-electron chi connectivity index (χ3n) is 3.84. The van der Waals surface area contributed by atoms with Gasteiger partial charge in [0.25, 0.3) is 0 Å². The Labute approximate surface area is 125 Å². The molecule has 21 heavy (non-hydrogen) atoms. The number of hydrogen-bond acceptors (Lipinski definition) is 5. The van der Waals surface area contributed by atoms with E-state index in [1.54, 1.807) is 12.4 Å². The Morgan fingerprint density at radius 3 is 2.48 bits per heavy atom. The second-order valence-electron chi connectivity index (χ2n) is 5.40. The van der Waals surface area contributed by atoms with Crippen LogP contribution in [0.3, 0.4) is 0 Å². The lowest BCUT2D eigenvalue weighted by molar-refractivity contribution is 0.259. The van der Waals surface area contributed by atoms with Gasteiger partial charge in [-0.1, -0.05) is 6.07 Å². The molecule has 0 spiro atoms. The van der Waals surface area contributed by atoms with Crippen molar-refractivity contribution < 1.29 is 0 Å². The number of nitrogens with zero attached hydrogens (tertiary/aromatic N) is 5. The van der Waals surface area contributed by atoms with Gasteiger partial charge in [-0.05, 0) is 25.1 Å². The largest absolute Gasteiger partial charge is 0.338 e. The summed E-state index contributed by atoms with van der Waals surface area (Å²) in [4.78, 5) is 17.9. The SMILES string of the molecule is Cc1cccc(CCN2CCN(c3ncccn3)CC2)n1. The van der Waals surface area contributed by atoms with Gasteiger partial charge in [0, 0.05) is 62.9 Å². The number of aromatic nitrogens is 3. The fraction of sp³-hybridized carbons (Fsp3) is 0.438. The minimum atomic E-state index is 0.845. The van der Waals surface area contributed by atoms with Gasteiger partial charge in [-0.25, -0.2) is 9.97 Å². The van der Waals surface area contributed by atoms with E-state index in [9.17, 15) is 0 Å². The highest BCUT2D eigenvalue weighted by molar-refractivity contribution is 5.29. The van der Waals surface area contributed by atoms with Crippen LogP contribution in [0.5, 0.6) is 0 Å². The number of anilines is 1. The van der Waals surface area contributed by atoms with Crippen molar-refractivity contribution in [1.29, 1.82) is 0 Å². The normalized spacial score (nSPS) is 16.1. The molecular formula is C16H21N5. The molecule has 3 heterocycles. The summed E-state index contributed by atoms with van der Waals surface area (Å²) < 4.78 is 0. The minimum Gasteiger partial charge on any atom is -0.338 e. The fourth-order valence-electron chi connectivity index (χ4n) is 2.64. The average molecular weight is 283 g/mol. The van der Waals surface area contributed by atoms with Gasteiger partial charge in [0.2, 0.25) is 5.95 Å². The van der Waals surface area contributed by atoms with Crippen molar-refractivity contribution in [3.8, 4) is 0 Å². The zero-order valence-electron chi connectivity index (χ0n) is 12.4. The molecule has 0 bridgehead atoms. The van der Waals surface area contributed by atoms with Crippen molar-refractivity contribution in [3.05, 3.63) is 48.0 Å². The van der Waals surface area contributed by atoms with Gasteiger partial charge >= 0.3 is 0 Å². The summed E-state index contributed by atoms with van der Waals surface area (Å²) in [6.07, 6.45) is 4.62. The van der Waals surface area contributed by atoms with E-state index in [2.05, 4.69) is 36.9 Å². The summed E-state index contributed by atoms with van der Waals surface area (Å²) in [5.74, 6) is 0.845. The summed E-state index contributed by atoms with van der Waals surface area (Å²) in [5.41, 5.74) is 2.28. The first kappa shape index (κ1) is 13.9. The highest BCUT2D eigenvalue weighted by atomic mass is 15.3. The van der Waals surface area contributed by atoms with E-state index in [-0.39, 0.29) is 0 Å². The van der Waals surface area contributed by atoms with Gasteiger partial charge in [0.1, 0.15) is 0 Å². The van der Waals surface area contributed by atoms with Crippen LogP contribution in [0.25, 0.3) is 0 Å². The molecule has 5 nitrogen and oxygen atoms in total. The maximum atomic E-state index is 4.56.